The fourth-order valence-corrected chi connectivity index (χ4v) is 4.79. The summed E-state index contributed by atoms with van der Waals surface area (Å²) in [5.41, 5.74) is 1.07. The number of nitrogens with zero attached hydrogens (tertiary/aromatic N) is 2. The van der Waals surface area contributed by atoms with Gasteiger partial charge in [-0.2, -0.15) is 0 Å². The van der Waals surface area contributed by atoms with Crippen LogP contribution >= 0.6 is 0 Å². The van der Waals surface area contributed by atoms with Gasteiger partial charge in [0, 0.05) is 28.8 Å². The fraction of sp³-hybridized carbons (Fsp3) is 0.370. The topological polar surface area (TPSA) is 94.7 Å². The number of carbonyl (C=O) groups is 3. The maximum Gasteiger partial charge on any atom is 0.325 e. The maximum atomic E-state index is 13.6. The molecule has 3 aromatic rings. The predicted octanol–water partition coefficient (Wildman–Crippen LogP) is 4.41. The van der Waals surface area contributed by atoms with Gasteiger partial charge in [-0.3, -0.25) is 14.5 Å². The number of hydrogen-bond donors (Lipinski definition) is 2. The number of fused-ring (bicyclic) bond motifs is 1. The number of aromatic nitrogens is 1. The number of ether oxygens (including phenoxy) is 1. The first-order chi connectivity index (χ1) is 16.6. The molecule has 2 aromatic carbocycles. The van der Waals surface area contributed by atoms with Gasteiger partial charge < -0.3 is 19.9 Å². The second-order valence-electron chi connectivity index (χ2n) is 9.67. The number of nitrogens with one attached hydrogen (secondary N) is 2. The molecule has 0 aliphatic carbocycles. The number of methoxy groups -OCH3 is 1. The highest BCUT2D eigenvalue weighted by Crippen LogP contribution is 2.31. The number of aromatic amines is 1. The van der Waals surface area contributed by atoms with Gasteiger partial charge in [0.2, 0.25) is 5.91 Å². The monoisotopic (exact) mass is 476 g/mol. The standard InChI is InChI=1S/C27H32N4O4/c1-17(2)14-18(3)31(21-8-11-23-19(15-21)12-13-28-23)24(32)16-30-25(33)27(4,29-26(30)34)20-6-9-22(35-5)10-7-20/h6-13,15,17-18,28H,14,16H2,1-5H3,(H,29,34). The Kier molecular flexibility index (Phi) is 6.56. The van der Waals surface area contributed by atoms with Crippen molar-refractivity contribution in [3.63, 3.8) is 0 Å². The summed E-state index contributed by atoms with van der Waals surface area (Å²) in [5.74, 6) is 0.246. The molecule has 8 heteroatoms. The molecule has 35 heavy (non-hydrogen) atoms. The molecule has 2 atom stereocenters. The summed E-state index contributed by atoms with van der Waals surface area (Å²) in [5, 5.41) is 3.76. The van der Waals surface area contributed by atoms with E-state index in [-0.39, 0.29) is 18.5 Å². The Hall–Kier alpha value is -3.81. The van der Waals surface area contributed by atoms with E-state index >= 15 is 0 Å². The summed E-state index contributed by atoms with van der Waals surface area (Å²) in [6.45, 7) is 7.51. The van der Waals surface area contributed by atoms with Crippen LogP contribution in [0.15, 0.2) is 54.7 Å². The van der Waals surface area contributed by atoms with Gasteiger partial charge in [-0.25, -0.2) is 4.79 Å². The minimum Gasteiger partial charge on any atom is -0.497 e. The number of imide groups is 1. The van der Waals surface area contributed by atoms with Crippen LogP contribution in [-0.2, 0) is 15.1 Å². The van der Waals surface area contributed by atoms with E-state index in [4.69, 9.17) is 4.74 Å². The molecular formula is C27H32N4O4. The van der Waals surface area contributed by atoms with Crippen molar-refractivity contribution in [2.45, 2.75) is 45.7 Å². The minimum absolute atomic E-state index is 0.118. The van der Waals surface area contributed by atoms with E-state index in [1.807, 2.05) is 37.4 Å². The van der Waals surface area contributed by atoms with Crippen molar-refractivity contribution < 1.29 is 19.1 Å². The second-order valence-corrected chi connectivity index (χ2v) is 9.67. The van der Waals surface area contributed by atoms with Crippen LogP contribution in [0, 0.1) is 5.92 Å². The van der Waals surface area contributed by atoms with Gasteiger partial charge in [0.15, 0.2) is 0 Å². The number of anilines is 1. The maximum absolute atomic E-state index is 13.6. The molecule has 1 aromatic heterocycles. The highest BCUT2D eigenvalue weighted by Gasteiger charge is 2.50. The van der Waals surface area contributed by atoms with Crippen LogP contribution in [0.5, 0.6) is 5.75 Å². The normalized spacial score (nSPS) is 18.7. The Labute approximate surface area is 205 Å². The molecule has 8 nitrogen and oxygen atoms in total. The summed E-state index contributed by atoms with van der Waals surface area (Å²) in [4.78, 5) is 45.8. The van der Waals surface area contributed by atoms with E-state index in [0.717, 1.165) is 27.9 Å². The van der Waals surface area contributed by atoms with Crippen LogP contribution in [0.3, 0.4) is 0 Å². The van der Waals surface area contributed by atoms with Crippen LogP contribution < -0.4 is 15.0 Å². The molecule has 0 bridgehead atoms. The highest BCUT2D eigenvalue weighted by atomic mass is 16.5. The summed E-state index contributed by atoms with van der Waals surface area (Å²) in [6, 6.07) is 14.0. The lowest BCUT2D eigenvalue weighted by Crippen LogP contribution is -2.47. The van der Waals surface area contributed by atoms with E-state index in [0.29, 0.717) is 17.2 Å². The van der Waals surface area contributed by atoms with Gasteiger partial charge >= 0.3 is 6.03 Å². The molecule has 2 unspecified atom stereocenters. The van der Waals surface area contributed by atoms with Crippen LogP contribution in [0.2, 0.25) is 0 Å². The third-order valence-electron chi connectivity index (χ3n) is 6.57. The zero-order valence-corrected chi connectivity index (χ0v) is 20.8. The fourth-order valence-electron chi connectivity index (χ4n) is 4.79. The summed E-state index contributed by atoms with van der Waals surface area (Å²) >= 11 is 0. The van der Waals surface area contributed by atoms with E-state index in [9.17, 15) is 14.4 Å². The van der Waals surface area contributed by atoms with Crippen molar-refractivity contribution in [3.8, 4) is 5.75 Å². The number of rotatable bonds is 8. The smallest absolute Gasteiger partial charge is 0.325 e. The van der Waals surface area contributed by atoms with Crippen molar-refractivity contribution in [3.05, 3.63) is 60.3 Å². The van der Waals surface area contributed by atoms with Crippen LogP contribution in [-0.4, -0.2) is 47.4 Å². The molecule has 0 radical (unpaired) electrons. The van der Waals surface area contributed by atoms with Gasteiger partial charge in [0.05, 0.1) is 7.11 Å². The molecule has 1 aliphatic rings. The van der Waals surface area contributed by atoms with Crippen molar-refractivity contribution in [2.24, 2.45) is 5.92 Å². The van der Waals surface area contributed by atoms with Crippen molar-refractivity contribution in [1.82, 2.24) is 15.2 Å². The van der Waals surface area contributed by atoms with Gasteiger partial charge in [0.25, 0.3) is 5.91 Å². The number of H-pyrrole nitrogens is 1. The SMILES string of the molecule is COc1ccc(C2(C)NC(=O)N(CC(=O)N(c3ccc4[nH]ccc4c3)C(C)CC(C)C)C2=O)cc1. The van der Waals surface area contributed by atoms with E-state index in [1.165, 1.54) is 0 Å². The third-order valence-corrected chi connectivity index (χ3v) is 6.57. The Morgan fingerprint density at radius 1 is 1.09 bits per heavy atom. The molecule has 1 fully saturated rings. The first kappa shape index (κ1) is 24.3. The number of benzene rings is 2. The summed E-state index contributed by atoms with van der Waals surface area (Å²) in [7, 11) is 1.56. The van der Waals surface area contributed by atoms with Crippen LogP contribution in [0.4, 0.5) is 10.5 Å². The van der Waals surface area contributed by atoms with Crippen molar-refractivity contribution in [1.29, 1.82) is 0 Å². The number of urea groups is 1. The lowest BCUT2D eigenvalue weighted by atomic mass is 9.92. The number of carbonyl (C=O) groups excluding carboxylic acids is 3. The Morgan fingerprint density at radius 2 is 1.80 bits per heavy atom. The Balaban J connectivity index is 1.61. The van der Waals surface area contributed by atoms with Crippen molar-refractivity contribution >= 4 is 34.4 Å². The zero-order chi connectivity index (χ0) is 25.3. The van der Waals surface area contributed by atoms with E-state index < -0.39 is 17.5 Å². The summed E-state index contributed by atoms with van der Waals surface area (Å²) in [6.07, 6.45) is 2.63. The quantitative estimate of drug-likeness (QED) is 0.471. The lowest BCUT2D eigenvalue weighted by molar-refractivity contribution is -0.134. The number of amides is 4. The first-order valence-corrected chi connectivity index (χ1v) is 11.8. The van der Waals surface area contributed by atoms with E-state index in [1.54, 1.807) is 43.2 Å². The largest absolute Gasteiger partial charge is 0.497 e. The zero-order valence-electron chi connectivity index (χ0n) is 20.8. The summed E-state index contributed by atoms with van der Waals surface area (Å²) < 4.78 is 5.19. The van der Waals surface area contributed by atoms with Crippen molar-refractivity contribution in [2.75, 3.05) is 18.6 Å². The van der Waals surface area contributed by atoms with Gasteiger partial charge in [-0.1, -0.05) is 26.0 Å². The predicted molar refractivity (Wildman–Crippen MR) is 135 cm³/mol. The number of hydrogen-bond acceptors (Lipinski definition) is 4. The van der Waals surface area contributed by atoms with E-state index in [2.05, 4.69) is 24.1 Å². The average molecular weight is 477 g/mol. The minimum atomic E-state index is -1.26. The molecule has 2 heterocycles. The third kappa shape index (κ3) is 4.60. The molecule has 184 valence electrons. The van der Waals surface area contributed by atoms with Gasteiger partial charge in [-0.15, -0.1) is 0 Å². The molecule has 1 saturated heterocycles. The highest BCUT2D eigenvalue weighted by molar-refractivity contribution is 6.10. The van der Waals surface area contributed by atoms with Gasteiger partial charge in [0.1, 0.15) is 17.8 Å². The molecule has 0 saturated carbocycles. The van der Waals surface area contributed by atoms with Gasteiger partial charge in [-0.05, 0) is 68.1 Å². The Morgan fingerprint density at radius 3 is 2.46 bits per heavy atom. The molecule has 1 aliphatic heterocycles. The average Bonchev–Trinajstić information content (AvgIpc) is 3.37. The van der Waals surface area contributed by atoms with Crippen LogP contribution in [0.25, 0.3) is 10.9 Å². The first-order valence-electron chi connectivity index (χ1n) is 11.8. The molecule has 4 amide bonds. The van der Waals surface area contributed by atoms with Crippen LogP contribution in [0.1, 0.15) is 39.7 Å². The molecular weight excluding hydrogens is 444 g/mol. The molecule has 0 spiro atoms. The lowest BCUT2D eigenvalue weighted by Gasteiger charge is -2.32. The molecule has 4 rings (SSSR count). The second kappa shape index (κ2) is 9.44. The Bertz CT molecular complexity index is 1250. The molecule has 2 N–H and O–H groups in total.